The molecule has 2 aromatic rings. The molecule has 33 heavy (non-hydrogen) atoms. The normalized spacial score (nSPS) is 10.3. The first-order valence-corrected chi connectivity index (χ1v) is 10.6. The van der Waals surface area contributed by atoms with E-state index < -0.39 is 5.97 Å². The number of carbonyl (C=O) groups is 2. The summed E-state index contributed by atoms with van der Waals surface area (Å²) in [5, 5.41) is 0. The number of nitrogens with two attached hydrogens (primary N) is 2. The highest BCUT2D eigenvalue weighted by Gasteiger charge is 2.05. The van der Waals surface area contributed by atoms with Crippen molar-refractivity contribution in [2.45, 2.75) is 25.7 Å². The maximum absolute atomic E-state index is 11.1. The van der Waals surface area contributed by atoms with Crippen LogP contribution in [0, 0.1) is 0 Å². The summed E-state index contributed by atoms with van der Waals surface area (Å²) in [5.41, 5.74) is 13.2. The number of rotatable bonds is 12. The highest BCUT2D eigenvalue weighted by molar-refractivity contribution is 5.87. The van der Waals surface area contributed by atoms with Gasteiger partial charge in [0.25, 0.3) is 0 Å². The molecule has 2 rings (SSSR count). The van der Waals surface area contributed by atoms with Gasteiger partial charge in [0.2, 0.25) is 0 Å². The third-order valence-corrected chi connectivity index (χ3v) is 4.44. The number of methoxy groups -OCH3 is 3. The largest absolute Gasteiger partial charge is 0.493 e. The summed E-state index contributed by atoms with van der Waals surface area (Å²) in [6.45, 7) is 1.47. The first-order valence-electron chi connectivity index (χ1n) is 10.6. The Morgan fingerprint density at radius 2 is 1.52 bits per heavy atom. The van der Waals surface area contributed by atoms with Crippen LogP contribution < -0.4 is 20.9 Å². The number of esters is 1. The average molecular weight is 459 g/mol. The van der Waals surface area contributed by atoms with Crippen LogP contribution in [0.25, 0.3) is 6.08 Å². The minimum Gasteiger partial charge on any atom is -0.493 e. The van der Waals surface area contributed by atoms with E-state index in [-0.39, 0.29) is 0 Å². The van der Waals surface area contributed by atoms with Crippen molar-refractivity contribution in [3.8, 4) is 11.5 Å². The molecule has 0 radical (unpaired) electrons. The van der Waals surface area contributed by atoms with Crippen LogP contribution in [0.15, 0.2) is 42.5 Å². The lowest BCUT2D eigenvalue weighted by atomic mass is 10.2. The fourth-order valence-corrected chi connectivity index (χ4v) is 2.79. The smallest absolute Gasteiger partial charge is 0.330 e. The van der Waals surface area contributed by atoms with Crippen molar-refractivity contribution in [3.05, 3.63) is 53.6 Å². The maximum atomic E-state index is 11.1. The number of nitrogen functional groups attached to an aromatic ring is 2. The second-order valence-electron chi connectivity index (χ2n) is 7.07. The molecule has 8 heteroatoms. The lowest BCUT2D eigenvalue weighted by Gasteiger charge is -2.11. The standard InChI is InChI=1S/C18H26O5.C7H8N2O/c1-20-12-6-4-5-7-13-23-16-10-8-15(14-17(16)21-2)9-11-18(19)22-3;8-6-1-5(4-10)2-7(9)3-6/h8-11,14H,4-7,12-13H2,1-3H3;1-4H,8-9H2/b11-9+;. The zero-order valence-corrected chi connectivity index (χ0v) is 19.5. The van der Waals surface area contributed by atoms with Crippen LogP contribution in [0.4, 0.5) is 11.4 Å². The predicted molar refractivity (Wildman–Crippen MR) is 131 cm³/mol. The predicted octanol–water partition coefficient (Wildman–Crippen LogP) is 4.13. The summed E-state index contributed by atoms with van der Waals surface area (Å²) in [6.07, 6.45) is 8.10. The summed E-state index contributed by atoms with van der Waals surface area (Å²) in [4.78, 5) is 21.3. The number of unbranched alkanes of at least 4 members (excludes halogenated alkanes) is 3. The molecule has 0 aliphatic heterocycles. The molecule has 0 unspecified atom stereocenters. The van der Waals surface area contributed by atoms with E-state index in [4.69, 9.17) is 25.7 Å². The Morgan fingerprint density at radius 1 is 0.848 bits per heavy atom. The van der Waals surface area contributed by atoms with E-state index >= 15 is 0 Å². The van der Waals surface area contributed by atoms with Crippen LogP contribution >= 0.6 is 0 Å². The van der Waals surface area contributed by atoms with E-state index in [9.17, 15) is 9.59 Å². The van der Waals surface area contributed by atoms with Crippen molar-refractivity contribution in [1.29, 1.82) is 0 Å². The number of anilines is 2. The second-order valence-corrected chi connectivity index (χ2v) is 7.07. The van der Waals surface area contributed by atoms with Crippen molar-refractivity contribution >= 4 is 29.7 Å². The van der Waals surface area contributed by atoms with Gasteiger partial charge in [0.1, 0.15) is 6.29 Å². The maximum Gasteiger partial charge on any atom is 0.330 e. The number of hydrogen-bond donors (Lipinski definition) is 2. The molecule has 0 saturated carbocycles. The van der Waals surface area contributed by atoms with Gasteiger partial charge in [-0.05, 0) is 61.2 Å². The van der Waals surface area contributed by atoms with Crippen LogP contribution in [-0.2, 0) is 14.3 Å². The molecule has 0 aromatic heterocycles. The molecular weight excluding hydrogens is 424 g/mol. The molecule has 2 aromatic carbocycles. The van der Waals surface area contributed by atoms with Crippen LogP contribution in [0.1, 0.15) is 41.6 Å². The van der Waals surface area contributed by atoms with Crippen LogP contribution in [0.5, 0.6) is 11.5 Å². The number of ether oxygens (including phenoxy) is 4. The first kappa shape index (κ1) is 27.5. The van der Waals surface area contributed by atoms with Gasteiger partial charge in [-0.2, -0.15) is 0 Å². The Hall–Kier alpha value is -3.52. The van der Waals surface area contributed by atoms with E-state index in [1.165, 1.54) is 13.2 Å². The Balaban J connectivity index is 0.000000451. The third-order valence-electron chi connectivity index (χ3n) is 4.44. The molecule has 0 heterocycles. The van der Waals surface area contributed by atoms with Gasteiger partial charge in [-0.1, -0.05) is 12.5 Å². The molecular formula is C25H34N2O6. The average Bonchev–Trinajstić information content (AvgIpc) is 2.82. The molecule has 0 spiro atoms. The Labute approximate surface area is 195 Å². The zero-order chi connectivity index (χ0) is 24.5. The molecule has 8 nitrogen and oxygen atoms in total. The molecule has 0 bridgehead atoms. The highest BCUT2D eigenvalue weighted by atomic mass is 16.5. The van der Waals surface area contributed by atoms with Gasteiger partial charge in [-0.15, -0.1) is 0 Å². The first-order chi connectivity index (χ1) is 15.9. The van der Waals surface area contributed by atoms with Gasteiger partial charge in [-0.25, -0.2) is 4.79 Å². The van der Waals surface area contributed by atoms with Gasteiger partial charge in [-0.3, -0.25) is 4.79 Å². The van der Waals surface area contributed by atoms with E-state index in [0.717, 1.165) is 37.9 Å². The third kappa shape index (κ3) is 11.6. The Morgan fingerprint density at radius 3 is 2.09 bits per heavy atom. The number of benzene rings is 2. The minimum absolute atomic E-state index is 0.391. The summed E-state index contributed by atoms with van der Waals surface area (Å²) < 4.78 is 20.7. The molecule has 0 aliphatic carbocycles. The van der Waals surface area contributed by atoms with Crippen LogP contribution in [-0.4, -0.2) is 46.8 Å². The Bertz CT molecular complexity index is 878. The number of carbonyl (C=O) groups excluding carboxylic acids is 2. The molecule has 0 aliphatic rings. The summed E-state index contributed by atoms with van der Waals surface area (Å²) >= 11 is 0. The van der Waals surface area contributed by atoms with Gasteiger partial charge in [0, 0.05) is 36.7 Å². The summed E-state index contributed by atoms with van der Waals surface area (Å²) in [6, 6.07) is 10.3. The molecule has 0 fully saturated rings. The minimum atomic E-state index is -0.391. The summed E-state index contributed by atoms with van der Waals surface area (Å²) in [7, 11) is 4.67. The van der Waals surface area contributed by atoms with E-state index in [0.29, 0.717) is 41.3 Å². The van der Waals surface area contributed by atoms with Crippen molar-refractivity contribution in [3.63, 3.8) is 0 Å². The van der Waals surface area contributed by atoms with Crippen LogP contribution in [0.2, 0.25) is 0 Å². The Kier molecular flexibility index (Phi) is 13.5. The van der Waals surface area contributed by atoms with Crippen LogP contribution in [0.3, 0.4) is 0 Å². The second kappa shape index (κ2) is 16.2. The quantitative estimate of drug-likeness (QED) is 0.160. The van der Waals surface area contributed by atoms with Crippen molar-refractivity contribution in [1.82, 2.24) is 0 Å². The monoisotopic (exact) mass is 458 g/mol. The van der Waals surface area contributed by atoms with Crippen molar-refractivity contribution in [2.75, 3.05) is 46.0 Å². The van der Waals surface area contributed by atoms with E-state index in [2.05, 4.69) is 4.74 Å². The lowest BCUT2D eigenvalue weighted by molar-refractivity contribution is -0.134. The fourth-order valence-electron chi connectivity index (χ4n) is 2.79. The van der Waals surface area contributed by atoms with Crippen molar-refractivity contribution < 1.29 is 28.5 Å². The lowest BCUT2D eigenvalue weighted by Crippen LogP contribution is -2.00. The van der Waals surface area contributed by atoms with Gasteiger partial charge in [0.05, 0.1) is 20.8 Å². The van der Waals surface area contributed by atoms with E-state index in [1.807, 2.05) is 18.2 Å². The molecule has 0 atom stereocenters. The van der Waals surface area contributed by atoms with E-state index in [1.54, 1.807) is 38.5 Å². The SMILES string of the molecule is COCCCCCCOc1ccc(/C=C/C(=O)OC)cc1OC.Nc1cc(N)cc(C=O)c1. The topological polar surface area (TPSA) is 123 Å². The number of aldehydes is 1. The number of hydrogen-bond acceptors (Lipinski definition) is 8. The van der Waals surface area contributed by atoms with Gasteiger partial charge in [0.15, 0.2) is 11.5 Å². The van der Waals surface area contributed by atoms with Gasteiger partial charge < -0.3 is 30.4 Å². The molecule has 4 N–H and O–H groups in total. The zero-order valence-electron chi connectivity index (χ0n) is 19.5. The van der Waals surface area contributed by atoms with Crippen molar-refractivity contribution in [2.24, 2.45) is 0 Å². The molecule has 0 saturated heterocycles. The van der Waals surface area contributed by atoms with Gasteiger partial charge >= 0.3 is 5.97 Å². The molecule has 0 amide bonds. The highest BCUT2D eigenvalue weighted by Crippen LogP contribution is 2.28. The fraction of sp³-hybridized carbons (Fsp3) is 0.360. The molecule has 180 valence electrons. The summed E-state index contributed by atoms with van der Waals surface area (Å²) in [5.74, 6) is 0.966.